The number of hydrogen-bond donors (Lipinski definition) is 1. The van der Waals surface area contributed by atoms with Gasteiger partial charge in [-0.1, -0.05) is 12.1 Å². The van der Waals surface area contributed by atoms with Crippen LogP contribution in [0.25, 0.3) is 0 Å². The topological polar surface area (TPSA) is 64.6 Å². The van der Waals surface area contributed by atoms with Gasteiger partial charge >= 0.3 is 0 Å². The number of rotatable bonds is 9. The van der Waals surface area contributed by atoms with Gasteiger partial charge in [0.15, 0.2) is 0 Å². The SMILES string of the molecule is COc1ccc(S(=O)(=O)NCCCc2ccc(OC(C)C)cc2)c(C)c1C. The summed E-state index contributed by atoms with van der Waals surface area (Å²) in [4.78, 5) is 0.302. The Bertz CT molecular complexity index is 858. The molecule has 5 nitrogen and oxygen atoms in total. The van der Waals surface area contributed by atoms with Crippen LogP contribution in [0.4, 0.5) is 0 Å². The molecule has 0 amide bonds. The van der Waals surface area contributed by atoms with Crippen LogP contribution in [-0.4, -0.2) is 28.2 Å². The average Bonchev–Trinajstić information content (AvgIpc) is 2.61. The zero-order chi connectivity index (χ0) is 20.0. The van der Waals surface area contributed by atoms with Crippen molar-refractivity contribution in [3.63, 3.8) is 0 Å². The molecule has 0 aliphatic carbocycles. The number of methoxy groups -OCH3 is 1. The van der Waals surface area contributed by atoms with Crippen LogP contribution in [-0.2, 0) is 16.4 Å². The van der Waals surface area contributed by atoms with Gasteiger partial charge < -0.3 is 9.47 Å². The molecule has 27 heavy (non-hydrogen) atoms. The van der Waals surface area contributed by atoms with Crippen LogP contribution in [0.1, 0.15) is 37.0 Å². The van der Waals surface area contributed by atoms with E-state index in [0.29, 0.717) is 22.8 Å². The Morgan fingerprint density at radius 2 is 1.67 bits per heavy atom. The van der Waals surface area contributed by atoms with Crippen LogP contribution in [0.2, 0.25) is 0 Å². The second-order valence-corrected chi connectivity index (χ2v) is 8.56. The van der Waals surface area contributed by atoms with Gasteiger partial charge in [0.05, 0.1) is 18.1 Å². The normalized spacial score (nSPS) is 11.6. The van der Waals surface area contributed by atoms with Crippen molar-refractivity contribution >= 4 is 10.0 Å². The second kappa shape index (κ2) is 9.24. The summed E-state index contributed by atoms with van der Waals surface area (Å²) in [5.41, 5.74) is 2.70. The Kier molecular flexibility index (Phi) is 7.27. The van der Waals surface area contributed by atoms with Gasteiger partial charge in [-0.2, -0.15) is 0 Å². The van der Waals surface area contributed by atoms with Crippen LogP contribution in [0.15, 0.2) is 41.3 Å². The average molecular weight is 392 g/mol. The third-order valence-corrected chi connectivity index (χ3v) is 6.03. The van der Waals surface area contributed by atoms with Gasteiger partial charge in [-0.15, -0.1) is 0 Å². The largest absolute Gasteiger partial charge is 0.496 e. The standard InChI is InChI=1S/C21H29NO4S/c1-15(2)26-19-10-8-18(9-11-19)7-6-14-22-27(23,24)21-13-12-20(25-5)16(3)17(21)4/h8-13,15,22H,6-7,14H2,1-5H3. The molecule has 148 valence electrons. The lowest BCUT2D eigenvalue weighted by molar-refractivity contribution is 0.242. The molecule has 6 heteroatoms. The van der Waals surface area contributed by atoms with E-state index in [1.807, 2.05) is 45.0 Å². The van der Waals surface area contributed by atoms with Gasteiger partial charge in [0, 0.05) is 6.54 Å². The molecule has 0 heterocycles. The number of ether oxygens (including phenoxy) is 2. The second-order valence-electron chi connectivity index (χ2n) is 6.83. The van der Waals surface area contributed by atoms with Gasteiger partial charge in [-0.25, -0.2) is 13.1 Å². The van der Waals surface area contributed by atoms with E-state index in [1.165, 1.54) is 0 Å². The lowest BCUT2D eigenvalue weighted by atomic mass is 10.1. The van der Waals surface area contributed by atoms with Crippen molar-refractivity contribution in [1.82, 2.24) is 4.72 Å². The number of sulfonamides is 1. The zero-order valence-corrected chi connectivity index (χ0v) is 17.5. The van der Waals surface area contributed by atoms with Crippen molar-refractivity contribution in [3.05, 3.63) is 53.1 Å². The van der Waals surface area contributed by atoms with E-state index >= 15 is 0 Å². The summed E-state index contributed by atoms with van der Waals surface area (Å²) in [6.45, 7) is 8.03. The Morgan fingerprint density at radius 3 is 2.26 bits per heavy atom. The molecule has 0 saturated heterocycles. The van der Waals surface area contributed by atoms with Crippen LogP contribution in [0.3, 0.4) is 0 Å². The number of nitrogens with one attached hydrogen (secondary N) is 1. The quantitative estimate of drug-likeness (QED) is 0.656. The van der Waals surface area contributed by atoms with Crippen molar-refractivity contribution < 1.29 is 17.9 Å². The summed E-state index contributed by atoms with van der Waals surface area (Å²) in [5.74, 6) is 1.54. The molecule has 0 spiro atoms. The van der Waals surface area contributed by atoms with Gasteiger partial charge in [0.1, 0.15) is 11.5 Å². The molecule has 0 aromatic heterocycles. The highest BCUT2D eigenvalue weighted by molar-refractivity contribution is 7.89. The molecule has 1 N–H and O–H groups in total. The van der Waals surface area contributed by atoms with Crippen molar-refractivity contribution in [2.45, 2.75) is 51.5 Å². The maximum absolute atomic E-state index is 12.6. The van der Waals surface area contributed by atoms with E-state index in [0.717, 1.165) is 29.7 Å². The number of hydrogen-bond acceptors (Lipinski definition) is 4. The highest BCUT2D eigenvalue weighted by Crippen LogP contribution is 2.26. The summed E-state index contributed by atoms with van der Waals surface area (Å²) in [7, 11) is -1.96. The zero-order valence-electron chi connectivity index (χ0n) is 16.7. The molecule has 0 aliphatic rings. The first-order valence-electron chi connectivity index (χ1n) is 9.14. The summed E-state index contributed by atoms with van der Waals surface area (Å²) >= 11 is 0. The Hall–Kier alpha value is -2.05. The summed E-state index contributed by atoms with van der Waals surface area (Å²) in [6, 6.07) is 11.2. The first-order valence-corrected chi connectivity index (χ1v) is 10.6. The highest BCUT2D eigenvalue weighted by Gasteiger charge is 2.18. The van der Waals surface area contributed by atoms with Gasteiger partial charge in [-0.05, 0) is 81.5 Å². The van der Waals surface area contributed by atoms with Gasteiger partial charge in [0.25, 0.3) is 0 Å². The van der Waals surface area contributed by atoms with Crippen molar-refractivity contribution in [2.75, 3.05) is 13.7 Å². The molecule has 0 radical (unpaired) electrons. The highest BCUT2D eigenvalue weighted by atomic mass is 32.2. The lowest BCUT2D eigenvalue weighted by Crippen LogP contribution is -2.26. The maximum Gasteiger partial charge on any atom is 0.240 e. The van der Waals surface area contributed by atoms with Crippen LogP contribution in [0.5, 0.6) is 11.5 Å². The molecule has 2 rings (SSSR count). The van der Waals surface area contributed by atoms with Crippen LogP contribution >= 0.6 is 0 Å². The maximum atomic E-state index is 12.6. The monoisotopic (exact) mass is 391 g/mol. The van der Waals surface area contributed by atoms with E-state index in [-0.39, 0.29) is 6.10 Å². The number of benzene rings is 2. The minimum atomic E-state index is -3.54. The van der Waals surface area contributed by atoms with E-state index in [4.69, 9.17) is 9.47 Å². The molecule has 0 aliphatic heterocycles. The smallest absolute Gasteiger partial charge is 0.240 e. The third-order valence-electron chi connectivity index (χ3n) is 4.43. The summed E-state index contributed by atoms with van der Waals surface area (Å²) < 4.78 is 38.8. The fourth-order valence-electron chi connectivity index (χ4n) is 2.87. The molecular weight excluding hydrogens is 362 g/mol. The van der Waals surface area contributed by atoms with E-state index < -0.39 is 10.0 Å². The molecule has 0 saturated carbocycles. The molecule has 2 aromatic rings. The molecular formula is C21H29NO4S. The van der Waals surface area contributed by atoms with E-state index in [1.54, 1.807) is 26.2 Å². The predicted octanol–water partition coefficient (Wildman–Crippen LogP) is 4.01. The first-order chi connectivity index (χ1) is 12.7. The Labute approximate surface area is 162 Å². The summed E-state index contributed by atoms with van der Waals surface area (Å²) in [6.07, 6.45) is 1.67. The lowest BCUT2D eigenvalue weighted by Gasteiger charge is -2.14. The van der Waals surface area contributed by atoms with Crippen LogP contribution in [0, 0.1) is 13.8 Å². The van der Waals surface area contributed by atoms with Crippen molar-refractivity contribution in [3.8, 4) is 11.5 Å². The molecule has 0 bridgehead atoms. The minimum absolute atomic E-state index is 0.148. The fraction of sp³-hybridized carbons (Fsp3) is 0.429. The van der Waals surface area contributed by atoms with E-state index in [9.17, 15) is 8.42 Å². The summed E-state index contributed by atoms with van der Waals surface area (Å²) in [5, 5.41) is 0. The molecule has 0 unspecified atom stereocenters. The van der Waals surface area contributed by atoms with Crippen molar-refractivity contribution in [1.29, 1.82) is 0 Å². The first kappa shape index (κ1) is 21.3. The Balaban J connectivity index is 1.92. The van der Waals surface area contributed by atoms with Crippen LogP contribution < -0.4 is 14.2 Å². The molecule has 0 atom stereocenters. The number of aryl methyl sites for hydroxylation is 1. The predicted molar refractivity (Wildman–Crippen MR) is 108 cm³/mol. The third kappa shape index (κ3) is 5.71. The van der Waals surface area contributed by atoms with Gasteiger partial charge in [-0.3, -0.25) is 0 Å². The van der Waals surface area contributed by atoms with Gasteiger partial charge in [0.2, 0.25) is 10.0 Å². The minimum Gasteiger partial charge on any atom is -0.496 e. The molecule has 2 aromatic carbocycles. The Morgan fingerprint density at radius 1 is 1.00 bits per heavy atom. The van der Waals surface area contributed by atoms with E-state index in [2.05, 4.69) is 4.72 Å². The molecule has 0 fully saturated rings. The van der Waals surface area contributed by atoms with Crippen molar-refractivity contribution in [2.24, 2.45) is 0 Å². The fourth-order valence-corrected chi connectivity index (χ4v) is 4.24.